The van der Waals surface area contributed by atoms with Crippen LogP contribution in [0.2, 0.25) is 5.02 Å². The van der Waals surface area contributed by atoms with Crippen LogP contribution < -0.4 is 4.74 Å². The van der Waals surface area contributed by atoms with Gasteiger partial charge in [-0.05, 0) is 36.8 Å². The minimum atomic E-state index is -1.02. The molecule has 1 N–H and O–H groups in total. The van der Waals surface area contributed by atoms with Crippen molar-refractivity contribution < 1.29 is 19.1 Å². The van der Waals surface area contributed by atoms with Crippen molar-refractivity contribution in [2.75, 3.05) is 0 Å². The Morgan fingerprint density at radius 1 is 1.44 bits per heavy atom. The van der Waals surface area contributed by atoms with Crippen LogP contribution in [-0.2, 0) is 6.61 Å². The van der Waals surface area contributed by atoms with Crippen LogP contribution in [0.15, 0.2) is 34.9 Å². The molecule has 0 spiro atoms. The number of aromatic carboxylic acids is 1. The molecule has 0 saturated carbocycles. The van der Waals surface area contributed by atoms with E-state index in [-0.39, 0.29) is 12.2 Å². The molecular weight excluding hydrogens is 256 g/mol. The molecule has 1 aromatic heterocycles. The fourth-order valence-electron chi connectivity index (χ4n) is 1.43. The van der Waals surface area contributed by atoms with E-state index in [0.29, 0.717) is 16.5 Å². The first kappa shape index (κ1) is 12.5. The number of ether oxygens (including phenoxy) is 1. The highest BCUT2D eigenvalue weighted by Crippen LogP contribution is 2.22. The summed E-state index contributed by atoms with van der Waals surface area (Å²) in [6.45, 7) is 2.05. The zero-order chi connectivity index (χ0) is 13.1. The number of carbonyl (C=O) groups is 1. The quantitative estimate of drug-likeness (QED) is 0.920. The average Bonchev–Trinajstić information content (AvgIpc) is 2.79. The number of carboxylic acid groups (broad SMARTS) is 1. The summed E-state index contributed by atoms with van der Waals surface area (Å²) in [6.07, 6.45) is 1.19. The third-order valence-corrected chi connectivity index (χ3v) is 2.84. The molecule has 1 aromatic carbocycles. The van der Waals surface area contributed by atoms with E-state index in [9.17, 15) is 4.79 Å². The minimum Gasteiger partial charge on any atom is -0.486 e. The molecule has 0 saturated heterocycles. The second-order valence-electron chi connectivity index (χ2n) is 3.81. The van der Waals surface area contributed by atoms with Gasteiger partial charge in [0.2, 0.25) is 0 Å². The monoisotopic (exact) mass is 266 g/mol. The summed E-state index contributed by atoms with van der Waals surface area (Å²) in [5.41, 5.74) is 1.03. The van der Waals surface area contributed by atoms with Crippen molar-refractivity contribution in [2.24, 2.45) is 0 Å². The van der Waals surface area contributed by atoms with Gasteiger partial charge >= 0.3 is 5.97 Å². The van der Waals surface area contributed by atoms with Crippen LogP contribution in [0.5, 0.6) is 5.75 Å². The Labute approximate surface area is 109 Å². The second kappa shape index (κ2) is 5.14. The first-order valence-corrected chi connectivity index (χ1v) is 5.63. The SMILES string of the molecule is Cc1cc(OCc2cc(C(=O)O)co2)ccc1Cl. The highest BCUT2D eigenvalue weighted by molar-refractivity contribution is 6.31. The lowest BCUT2D eigenvalue weighted by atomic mass is 10.2. The van der Waals surface area contributed by atoms with Crippen molar-refractivity contribution in [2.45, 2.75) is 13.5 Å². The predicted molar refractivity (Wildman–Crippen MR) is 66.2 cm³/mol. The summed E-state index contributed by atoms with van der Waals surface area (Å²) in [5.74, 6) is 0.0949. The first-order chi connectivity index (χ1) is 8.56. The summed E-state index contributed by atoms with van der Waals surface area (Å²) < 4.78 is 10.5. The molecule has 0 aliphatic rings. The van der Waals surface area contributed by atoms with Gasteiger partial charge in [0.1, 0.15) is 24.4 Å². The third-order valence-electron chi connectivity index (χ3n) is 2.41. The van der Waals surface area contributed by atoms with Crippen molar-refractivity contribution >= 4 is 17.6 Å². The molecule has 18 heavy (non-hydrogen) atoms. The molecule has 0 fully saturated rings. The molecule has 0 bridgehead atoms. The molecule has 0 amide bonds. The van der Waals surface area contributed by atoms with E-state index in [0.717, 1.165) is 5.56 Å². The van der Waals surface area contributed by atoms with Crippen LogP contribution in [0, 0.1) is 6.92 Å². The minimum absolute atomic E-state index is 0.112. The first-order valence-electron chi connectivity index (χ1n) is 5.26. The van der Waals surface area contributed by atoms with Gasteiger partial charge in [-0.3, -0.25) is 0 Å². The molecule has 2 aromatic rings. The molecular formula is C13H11ClO4. The van der Waals surface area contributed by atoms with Crippen molar-refractivity contribution in [3.63, 3.8) is 0 Å². The van der Waals surface area contributed by atoms with E-state index in [1.54, 1.807) is 12.1 Å². The highest BCUT2D eigenvalue weighted by atomic mass is 35.5. The Bertz CT molecular complexity index is 574. The topological polar surface area (TPSA) is 59.7 Å². The summed E-state index contributed by atoms with van der Waals surface area (Å²) in [7, 11) is 0. The third kappa shape index (κ3) is 2.84. The molecule has 0 aliphatic carbocycles. The molecule has 2 rings (SSSR count). The molecule has 94 valence electrons. The number of hydrogen-bond acceptors (Lipinski definition) is 3. The Balaban J connectivity index is 2.02. The van der Waals surface area contributed by atoms with Crippen LogP contribution in [-0.4, -0.2) is 11.1 Å². The van der Waals surface area contributed by atoms with Gasteiger partial charge in [0.15, 0.2) is 0 Å². The highest BCUT2D eigenvalue weighted by Gasteiger charge is 2.08. The number of halogens is 1. The van der Waals surface area contributed by atoms with E-state index >= 15 is 0 Å². The number of rotatable bonds is 4. The lowest BCUT2D eigenvalue weighted by Crippen LogP contribution is -1.95. The molecule has 0 radical (unpaired) electrons. The molecule has 0 unspecified atom stereocenters. The number of carboxylic acids is 1. The smallest absolute Gasteiger partial charge is 0.338 e. The molecule has 5 heteroatoms. The summed E-state index contributed by atoms with van der Waals surface area (Å²) in [6, 6.07) is 6.74. The normalized spacial score (nSPS) is 10.3. The van der Waals surface area contributed by atoms with E-state index in [1.165, 1.54) is 12.3 Å². The number of aryl methyl sites for hydroxylation is 1. The number of benzene rings is 1. The maximum Gasteiger partial charge on any atom is 0.338 e. The van der Waals surface area contributed by atoms with Gasteiger partial charge in [-0.15, -0.1) is 0 Å². The lowest BCUT2D eigenvalue weighted by Gasteiger charge is -2.05. The Kier molecular flexibility index (Phi) is 3.58. The molecule has 1 heterocycles. The molecule has 4 nitrogen and oxygen atoms in total. The fourth-order valence-corrected chi connectivity index (χ4v) is 1.55. The summed E-state index contributed by atoms with van der Waals surface area (Å²) in [4.78, 5) is 10.7. The zero-order valence-corrected chi connectivity index (χ0v) is 10.4. The van der Waals surface area contributed by atoms with Crippen LogP contribution >= 0.6 is 11.6 Å². The van der Waals surface area contributed by atoms with Crippen molar-refractivity contribution in [3.05, 3.63) is 52.4 Å². The van der Waals surface area contributed by atoms with Crippen LogP contribution in [0.25, 0.3) is 0 Å². The average molecular weight is 267 g/mol. The number of furan rings is 1. The summed E-state index contributed by atoms with van der Waals surface area (Å²) in [5, 5.41) is 9.41. The van der Waals surface area contributed by atoms with Crippen LogP contribution in [0.4, 0.5) is 0 Å². The largest absolute Gasteiger partial charge is 0.486 e. The predicted octanol–water partition coefficient (Wildman–Crippen LogP) is 3.52. The lowest BCUT2D eigenvalue weighted by molar-refractivity contribution is 0.0696. The van der Waals surface area contributed by atoms with Gasteiger partial charge < -0.3 is 14.3 Å². The van der Waals surface area contributed by atoms with Crippen LogP contribution in [0.1, 0.15) is 21.7 Å². The zero-order valence-electron chi connectivity index (χ0n) is 9.64. The maximum atomic E-state index is 10.7. The Morgan fingerprint density at radius 2 is 2.22 bits per heavy atom. The van der Waals surface area contributed by atoms with E-state index in [4.69, 9.17) is 25.9 Å². The van der Waals surface area contributed by atoms with Crippen LogP contribution in [0.3, 0.4) is 0 Å². The van der Waals surface area contributed by atoms with E-state index < -0.39 is 5.97 Å². The van der Waals surface area contributed by atoms with Crippen molar-refractivity contribution in [1.29, 1.82) is 0 Å². The van der Waals surface area contributed by atoms with Gasteiger partial charge in [0, 0.05) is 5.02 Å². The van der Waals surface area contributed by atoms with E-state index in [1.807, 2.05) is 13.0 Å². The summed E-state index contributed by atoms with van der Waals surface area (Å²) >= 11 is 5.90. The maximum absolute atomic E-state index is 10.7. The van der Waals surface area contributed by atoms with Gasteiger partial charge in [0.05, 0.1) is 5.56 Å². The van der Waals surface area contributed by atoms with Gasteiger partial charge in [-0.2, -0.15) is 0 Å². The molecule has 0 aliphatic heterocycles. The fraction of sp³-hybridized carbons (Fsp3) is 0.154. The van der Waals surface area contributed by atoms with Gasteiger partial charge in [0.25, 0.3) is 0 Å². The second-order valence-corrected chi connectivity index (χ2v) is 4.21. The number of hydrogen-bond donors (Lipinski definition) is 1. The van der Waals surface area contributed by atoms with Gasteiger partial charge in [-0.25, -0.2) is 4.79 Å². The van der Waals surface area contributed by atoms with Crippen molar-refractivity contribution in [1.82, 2.24) is 0 Å². The van der Waals surface area contributed by atoms with E-state index in [2.05, 4.69) is 0 Å². The Morgan fingerprint density at radius 3 is 2.83 bits per heavy atom. The molecule has 0 atom stereocenters. The standard InChI is InChI=1S/C13H11ClO4/c1-8-4-10(2-3-12(8)14)18-7-11-5-9(6-17-11)13(15)16/h2-6H,7H2,1H3,(H,15,16). The van der Waals surface area contributed by atoms with Crippen molar-refractivity contribution in [3.8, 4) is 5.75 Å². The Hall–Kier alpha value is -1.94. The van der Waals surface area contributed by atoms with Gasteiger partial charge in [-0.1, -0.05) is 11.6 Å².